The highest BCUT2D eigenvalue weighted by Crippen LogP contribution is 2.44. The van der Waals surface area contributed by atoms with Gasteiger partial charge in [-0.15, -0.1) is 0 Å². The van der Waals surface area contributed by atoms with Crippen molar-refractivity contribution in [2.45, 2.75) is 16.4 Å². The third-order valence-corrected chi connectivity index (χ3v) is 4.86. The standard InChI is InChI=1S/C14H12O3S/c15-18(16,12-9-5-2-6-10-12)14-13(17-14)11-7-3-1-4-8-11/h1-10,13-14H/t13-,14-/m0/s1. The van der Waals surface area contributed by atoms with Crippen LogP contribution >= 0.6 is 0 Å². The van der Waals surface area contributed by atoms with Crippen LogP contribution in [0.25, 0.3) is 0 Å². The van der Waals surface area contributed by atoms with Gasteiger partial charge in [0.1, 0.15) is 6.10 Å². The minimum atomic E-state index is -3.39. The Morgan fingerprint density at radius 1 is 0.833 bits per heavy atom. The molecule has 0 N–H and O–H groups in total. The van der Waals surface area contributed by atoms with Crippen LogP contribution < -0.4 is 0 Å². The number of epoxide rings is 1. The summed E-state index contributed by atoms with van der Waals surface area (Å²) in [6.45, 7) is 0. The van der Waals surface area contributed by atoms with Gasteiger partial charge < -0.3 is 4.74 Å². The normalized spacial score (nSPS) is 22.7. The van der Waals surface area contributed by atoms with E-state index in [-0.39, 0.29) is 6.10 Å². The van der Waals surface area contributed by atoms with E-state index in [4.69, 9.17) is 4.74 Å². The van der Waals surface area contributed by atoms with E-state index < -0.39 is 15.3 Å². The van der Waals surface area contributed by atoms with Crippen LogP contribution in [0, 0.1) is 0 Å². The van der Waals surface area contributed by atoms with Crippen molar-refractivity contribution in [3.8, 4) is 0 Å². The maximum atomic E-state index is 12.3. The largest absolute Gasteiger partial charge is 0.347 e. The van der Waals surface area contributed by atoms with Crippen LogP contribution in [0.5, 0.6) is 0 Å². The highest BCUT2D eigenvalue weighted by Gasteiger charge is 2.50. The van der Waals surface area contributed by atoms with E-state index in [1.54, 1.807) is 30.3 Å². The van der Waals surface area contributed by atoms with Crippen molar-refractivity contribution in [1.29, 1.82) is 0 Å². The van der Waals surface area contributed by atoms with Gasteiger partial charge in [0.05, 0.1) is 4.90 Å². The summed E-state index contributed by atoms with van der Waals surface area (Å²) in [4.78, 5) is 0.313. The first kappa shape index (κ1) is 11.4. The van der Waals surface area contributed by atoms with Crippen LogP contribution in [0.1, 0.15) is 11.7 Å². The molecule has 3 nitrogen and oxygen atoms in total. The SMILES string of the molecule is O=S(=O)(c1ccccc1)[C@@H]1O[C@H]1c1ccccc1. The fourth-order valence-corrected chi connectivity index (χ4v) is 3.51. The van der Waals surface area contributed by atoms with Crippen molar-refractivity contribution in [3.05, 3.63) is 66.2 Å². The molecule has 2 aromatic rings. The van der Waals surface area contributed by atoms with Gasteiger partial charge in [0, 0.05) is 0 Å². The lowest BCUT2D eigenvalue weighted by molar-refractivity contribution is 0.399. The predicted molar refractivity (Wildman–Crippen MR) is 67.7 cm³/mol. The molecule has 18 heavy (non-hydrogen) atoms. The van der Waals surface area contributed by atoms with E-state index >= 15 is 0 Å². The Labute approximate surface area is 106 Å². The molecule has 3 rings (SSSR count). The van der Waals surface area contributed by atoms with Gasteiger partial charge in [-0.3, -0.25) is 0 Å². The average molecular weight is 260 g/mol. The van der Waals surface area contributed by atoms with Crippen LogP contribution in [0.2, 0.25) is 0 Å². The van der Waals surface area contributed by atoms with Crippen molar-refractivity contribution in [2.24, 2.45) is 0 Å². The van der Waals surface area contributed by atoms with E-state index in [9.17, 15) is 8.42 Å². The lowest BCUT2D eigenvalue weighted by Gasteiger charge is -2.00. The highest BCUT2D eigenvalue weighted by atomic mass is 32.2. The van der Waals surface area contributed by atoms with Crippen LogP contribution in [0.15, 0.2) is 65.6 Å². The van der Waals surface area contributed by atoms with E-state index in [1.165, 1.54) is 0 Å². The lowest BCUT2D eigenvalue weighted by Crippen LogP contribution is -2.09. The number of hydrogen-bond acceptors (Lipinski definition) is 3. The number of hydrogen-bond donors (Lipinski definition) is 0. The van der Waals surface area contributed by atoms with E-state index in [2.05, 4.69) is 0 Å². The molecule has 0 bridgehead atoms. The third-order valence-electron chi connectivity index (χ3n) is 2.96. The zero-order valence-corrected chi connectivity index (χ0v) is 10.4. The van der Waals surface area contributed by atoms with E-state index in [0.29, 0.717) is 4.90 Å². The van der Waals surface area contributed by atoms with Gasteiger partial charge in [0.15, 0.2) is 5.44 Å². The fourth-order valence-electron chi connectivity index (χ4n) is 1.96. The molecule has 0 spiro atoms. The Kier molecular flexibility index (Phi) is 2.69. The van der Waals surface area contributed by atoms with E-state index in [1.807, 2.05) is 30.3 Å². The molecule has 0 aromatic heterocycles. The van der Waals surface area contributed by atoms with Gasteiger partial charge in [0.2, 0.25) is 9.84 Å². The summed E-state index contributed by atoms with van der Waals surface area (Å²) >= 11 is 0. The molecule has 2 atom stereocenters. The van der Waals surface area contributed by atoms with Crippen molar-refractivity contribution in [2.75, 3.05) is 0 Å². The van der Waals surface area contributed by atoms with Gasteiger partial charge in [-0.1, -0.05) is 48.5 Å². The molecular weight excluding hydrogens is 248 g/mol. The monoisotopic (exact) mass is 260 g/mol. The zero-order valence-electron chi connectivity index (χ0n) is 9.56. The summed E-state index contributed by atoms with van der Waals surface area (Å²) < 4.78 is 29.8. The smallest absolute Gasteiger partial charge is 0.208 e. The molecule has 1 aliphatic heterocycles. The number of sulfone groups is 1. The maximum absolute atomic E-state index is 12.3. The number of ether oxygens (including phenoxy) is 1. The first-order valence-corrected chi connectivity index (χ1v) is 7.23. The second-order valence-electron chi connectivity index (χ2n) is 4.19. The summed E-state index contributed by atoms with van der Waals surface area (Å²) in [5.41, 5.74) is 0.157. The molecule has 2 aromatic carbocycles. The topological polar surface area (TPSA) is 46.7 Å². The van der Waals surface area contributed by atoms with Crippen LogP contribution in [-0.2, 0) is 14.6 Å². The average Bonchev–Trinajstić information content (AvgIpc) is 3.22. The number of benzene rings is 2. The molecule has 0 saturated carbocycles. The van der Waals surface area contributed by atoms with Gasteiger partial charge in [0.25, 0.3) is 0 Å². The summed E-state index contributed by atoms with van der Waals surface area (Å²) in [5.74, 6) is 0. The predicted octanol–water partition coefficient (Wildman–Crippen LogP) is 2.56. The molecule has 1 saturated heterocycles. The molecule has 1 heterocycles. The quantitative estimate of drug-likeness (QED) is 0.797. The van der Waals surface area contributed by atoms with E-state index in [0.717, 1.165) is 5.56 Å². The summed E-state index contributed by atoms with van der Waals surface area (Å²) in [6.07, 6.45) is -0.337. The highest BCUT2D eigenvalue weighted by molar-refractivity contribution is 7.92. The maximum Gasteiger partial charge on any atom is 0.208 e. The van der Waals surface area contributed by atoms with Gasteiger partial charge >= 0.3 is 0 Å². The molecule has 0 amide bonds. The van der Waals surface area contributed by atoms with Crippen LogP contribution in [-0.4, -0.2) is 13.9 Å². The first-order valence-electron chi connectivity index (χ1n) is 5.69. The molecular formula is C14H12O3S. The fraction of sp³-hybridized carbons (Fsp3) is 0.143. The van der Waals surface area contributed by atoms with Crippen LogP contribution in [0.4, 0.5) is 0 Å². The Morgan fingerprint density at radius 3 is 2.00 bits per heavy atom. The van der Waals surface area contributed by atoms with Crippen LogP contribution in [0.3, 0.4) is 0 Å². The molecule has 0 aliphatic carbocycles. The van der Waals surface area contributed by atoms with Gasteiger partial charge in [-0.25, -0.2) is 8.42 Å². The molecule has 1 aliphatic rings. The molecule has 92 valence electrons. The van der Waals surface area contributed by atoms with Gasteiger partial charge in [-0.2, -0.15) is 0 Å². The minimum Gasteiger partial charge on any atom is -0.347 e. The summed E-state index contributed by atoms with van der Waals surface area (Å²) in [7, 11) is -3.39. The second kappa shape index (κ2) is 4.23. The Hall–Kier alpha value is -1.65. The van der Waals surface area contributed by atoms with Crippen molar-refractivity contribution >= 4 is 9.84 Å². The summed E-state index contributed by atoms with van der Waals surface area (Å²) in [6, 6.07) is 17.8. The Balaban J connectivity index is 1.87. The van der Waals surface area contributed by atoms with Crippen molar-refractivity contribution in [1.82, 2.24) is 0 Å². The minimum absolute atomic E-state index is 0.313. The molecule has 1 fully saturated rings. The summed E-state index contributed by atoms with van der Waals surface area (Å²) in [5, 5.41) is 0. The lowest BCUT2D eigenvalue weighted by atomic mass is 10.2. The van der Waals surface area contributed by atoms with Crippen molar-refractivity contribution < 1.29 is 13.2 Å². The molecule has 4 heteroatoms. The Morgan fingerprint density at radius 2 is 1.39 bits per heavy atom. The van der Waals surface area contributed by atoms with Gasteiger partial charge in [-0.05, 0) is 17.7 Å². The number of rotatable bonds is 3. The first-order chi connectivity index (χ1) is 8.69. The van der Waals surface area contributed by atoms with Crippen molar-refractivity contribution in [3.63, 3.8) is 0 Å². The third kappa shape index (κ3) is 1.94. The zero-order chi connectivity index (χ0) is 12.6. The molecule has 0 radical (unpaired) electrons. The molecule has 0 unspecified atom stereocenters. The Bertz CT molecular complexity index is 635. The second-order valence-corrected chi connectivity index (χ2v) is 6.22.